The van der Waals surface area contributed by atoms with E-state index < -0.39 is 0 Å². The van der Waals surface area contributed by atoms with Gasteiger partial charge in [0.15, 0.2) is 0 Å². The van der Waals surface area contributed by atoms with Gasteiger partial charge in [-0.2, -0.15) is 0 Å². The fourth-order valence-electron chi connectivity index (χ4n) is 2.56. The third-order valence-electron chi connectivity index (χ3n) is 3.96. The van der Waals surface area contributed by atoms with Gasteiger partial charge in [-0.25, -0.2) is 4.79 Å². The molecule has 0 spiro atoms. The largest absolute Gasteiger partial charge is 0.331 e. The minimum atomic E-state index is -0.0656. The Labute approximate surface area is 141 Å². The van der Waals surface area contributed by atoms with Gasteiger partial charge in [0.25, 0.3) is 0 Å². The fraction of sp³-hybridized carbons (Fsp3) is 0.733. The van der Waals surface area contributed by atoms with Crippen molar-refractivity contribution >= 4 is 28.4 Å². The molecule has 1 aromatic heterocycles. The molecule has 128 valence electrons. The van der Waals surface area contributed by atoms with Crippen LogP contribution in [0.2, 0.25) is 0 Å². The van der Waals surface area contributed by atoms with Crippen molar-refractivity contribution in [1.82, 2.24) is 20.0 Å². The van der Waals surface area contributed by atoms with Crippen LogP contribution in [-0.2, 0) is 11.2 Å². The van der Waals surface area contributed by atoms with Crippen LogP contribution in [0, 0.1) is 5.92 Å². The van der Waals surface area contributed by atoms with Gasteiger partial charge in [0, 0.05) is 39.5 Å². The van der Waals surface area contributed by atoms with Crippen LogP contribution in [0.4, 0.5) is 9.93 Å². The van der Waals surface area contributed by atoms with Crippen molar-refractivity contribution in [2.45, 2.75) is 39.0 Å². The van der Waals surface area contributed by atoms with Crippen LogP contribution in [-0.4, -0.2) is 59.1 Å². The van der Waals surface area contributed by atoms with Crippen LogP contribution < -0.4 is 5.32 Å². The SMILES string of the molecule is CCCCc1nnc(NC(=O)C2CCN(C(=O)N(C)C)CC2)s1. The first-order valence-corrected chi connectivity index (χ1v) is 8.92. The Morgan fingerprint density at radius 1 is 1.30 bits per heavy atom. The summed E-state index contributed by atoms with van der Waals surface area (Å²) in [6.45, 7) is 3.37. The Morgan fingerprint density at radius 3 is 2.61 bits per heavy atom. The smallest absolute Gasteiger partial charge is 0.319 e. The van der Waals surface area contributed by atoms with Crippen LogP contribution in [0.15, 0.2) is 0 Å². The predicted molar refractivity (Wildman–Crippen MR) is 90.5 cm³/mol. The Bertz CT molecular complexity index is 538. The second-order valence-corrected chi connectivity index (χ2v) is 7.09. The molecular formula is C15H25N5O2S. The minimum Gasteiger partial charge on any atom is -0.331 e. The lowest BCUT2D eigenvalue weighted by atomic mass is 9.96. The first-order chi connectivity index (χ1) is 11.0. The molecule has 23 heavy (non-hydrogen) atoms. The third kappa shape index (κ3) is 4.89. The van der Waals surface area contributed by atoms with Gasteiger partial charge in [-0.1, -0.05) is 24.7 Å². The fourth-order valence-corrected chi connectivity index (χ4v) is 3.34. The van der Waals surface area contributed by atoms with Crippen molar-refractivity contribution in [2.75, 3.05) is 32.5 Å². The zero-order valence-corrected chi connectivity index (χ0v) is 14.9. The van der Waals surface area contributed by atoms with E-state index in [1.54, 1.807) is 23.9 Å². The Balaban J connectivity index is 1.81. The molecule has 3 amide bonds. The molecule has 0 atom stereocenters. The van der Waals surface area contributed by atoms with Crippen LogP contribution in [0.5, 0.6) is 0 Å². The number of carbonyl (C=O) groups is 2. The van der Waals surface area contributed by atoms with E-state index in [0.29, 0.717) is 31.1 Å². The summed E-state index contributed by atoms with van der Waals surface area (Å²) in [5, 5.41) is 12.5. The molecule has 0 radical (unpaired) electrons. The normalized spacial score (nSPS) is 15.5. The number of likely N-dealkylation sites (tertiary alicyclic amines) is 1. The molecule has 0 aliphatic carbocycles. The highest BCUT2D eigenvalue weighted by atomic mass is 32.1. The summed E-state index contributed by atoms with van der Waals surface area (Å²) >= 11 is 1.45. The number of nitrogens with one attached hydrogen (secondary N) is 1. The van der Waals surface area contributed by atoms with Gasteiger partial charge in [0.05, 0.1) is 0 Å². The van der Waals surface area contributed by atoms with E-state index in [9.17, 15) is 9.59 Å². The number of rotatable bonds is 5. The summed E-state index contributed by atoms with van der Waals surface area (Å²) in [7, 11) is 3.49. The topological polar surface area (TPSA) is 78.4 Å². The molecule has 0 aromatic carbocycles. The number of aryl methyl sites for hydroxylation is 1. The van der Waals surface area contributed by atoms with E-state index in [0.717, 1.165) is 24.3 Å². The summed E-state index contributed by atoms with van der Waals surface area (Å²) in [5.41, 5.74) is 0. The highest BCUT2D eigenvalue weighted by Crippen LogP contribution is 2.22. The molecule has 2 rings (SSSR count). The first-order valence-electron chi connectivity index (χ1n) is 8.10. The second-order valence-electron chi connectivity index (χ2n) is 6.03. The van der Waals surface area contributed by atoms with Gasteiger partial charge in [0.2, 0.25) is 11.0 Å². The maximum Gasteiger partial charge on any atom is 0.319 e. The summed E-state index contributed by atoms with van der Waals surface area (Å²) in [6, 6.07) is 0.00791. The number of hydrogen-bond donors (Lipinski definition) is 1. The van der Waals surface area contributed by atoms with E-state index in [2.05, 4.69) is 22.4 Å². The molecule has 1 aliphatic heterocycles. The number of hydrogen-bond acceptors (Lipinski definition) is 5. The van der Waals surface area contributed by atoms with Crippen molar-refractivity contribution in [3.05, 3.63) is 5.01 Å². The van der Waals surface area contributed by atoms with E-state index in [4.69, 9.17) is 0 Å². The monoisotopic (exact) mass is 339 g/mol. The number of piperidine rings is 1. The van der Waals surface area contributed by atoms with Gasteiger partial charge >= 0.3 is 6.03 Å². The molecule has 0 unspecified atom stereocenters. The Kier molecular flexibility index (Phi) is 6.32. The van der Waals surface area contributed by atoms with Crippen molar-refractivity contribution in [2.24, 2.45) is 5.92 Å². The predicted octanol–water partition coefficient (Wildman–Crippen LogP) is 2.21. The average Bonchev–Trinajstić information content (AvgIpc) is 2.99. The molecule has 1 aromatic rings. The van der Waals surface area contributed by atoms with Crippen LogP contribution in [0.3, 0.4) is 0 Å². The summed E-state index contributed by atoms with van der Waals surface area (Å²) in [5.74, 6) is -0.0793. The van der Waals surface area contributed by atoms with Gasteiger partial charge in [-0.15, -0.1) is 10.2 Å². The first kappa shape index (κ1) is 17.7. The quantitative estimate of drug-likeness (QED) is 0.892. The van der Waals surface area contributed by atoms with Gasteiger partial charge in [-0.3, -0.25) is 4.79 Å². The summed E-state index contributed by atoms with van der Waals surface area (Å²) in [4.78, 5) is 27.6. The lowest BCUT2D eigenvalue weighted by Gasteiger charge is -2.32. The van der Waals surface area contributed by atoms with Gasteiger partial charge in [0.1, 0.15) is 5.01 Å². The van der Waals surface area contributed by atoms with Crippen molar-refractivity contribution in [3.63, 3.8) is 0 Å². The number of anilines is 1. The van der Waals surface area contributed by atoms with E-state index in [-0.39, 0.29) is 17.9 Å². The zero-order chi connectivity index (χ0) is 16.8. The van der Waals surface area contributed by atoms with E-state index in [1.165, 1.54) is 11.3 Å². The molecular weight excluding hydrogens is 314 g/mol. The van der Waals surface area contributed by atoms with Gasteiger partial charge < -0.3 is 15.1 Å². The standard InChI is InChI=1S/C15H25N5O2S/c1-4-5-6-12-17-18-14(23-12)16-13(21)11-7-9-20(10-8-11)15(22)19(2)3/h11H,4-10H2,1-3H3,(H,16,18,21). The Morgan fingerprint density at radius 2 is 2.00 bits per heavy atom. The number of urea groups is 1. The number of aromatic nitrogens is 2. The third-order valence-corrected chi connectivity index (χ3v) is 4.86. The van der Waals surface area contributed by atoms with Gasteiger partial charge in [-0.05, 0) is 19.3 Å². The van der Waals surface area contributed by atoms with Crippen molar-refractivity contribution < 1.29 is 9.59 Å². The second kappa shape index (κ2) is 8.24. The van der Waals surface area contributed by atoms with Crippen molar-refractivity contribution in [1.29, 1.82) is 0 Å². The number of nitrogens with zero attached hydrogens (tertiary/aromatic N) is 4. The van der Waals surface area contributed by atoms with Crippen LogP contribution in [0.1, 0.15) is 37.6 Å². The molecule has 1 fully saturated rings. The summed E-state index contributed by atoms with van der Waals surface area (Å²) < 4.78 is 0. The van der Waals surface area contributed by atoms with E-state index in [1.807, 2.05) is 0 Å². The van der Waals surface area contributed by atoms with Crippen LogP contribution in [0.25, 0.3) is 0 Å². The van der Waals surface area contributed by atoms with Crippen molar-refractivity contribution in [3.8, 4) is 0 Å². The maximum atomic E-state index is 12.3. The molecule has 8 heteroatoms. The maximum absolute atomic E-state index is 12.3. The highest BCUT2D eigenvalue weighted by molar-refractivity contribution is 7.15. The lowest BCUT2D eigenvalue weighted by molar-refractivity contribution is -0.121. The van der Waals surface area contributed by atoms with E-state index >= 15 is 0 Å². The Hall–Kier alpha value is -1.70. The molecule has 0 bridgehead atoms. The number of amides is 3. The molecule has 0 saturated carbocycles. The molecule has 2 heterocycles. The highest BCUT2D eigenvalue weighted by Gasteiger charge is 2.28. The number of unbranched alkanes of at least 4 members (excludes halogenated alkanes) is 1. The lowest BCUT2D eigenvalue weighted by Crippen LogP contribution is -2.45. The van der Waals surface area contributed by atoms with Crippen LogP contribution >= 0.6 is 11.3 Å². The zero-order valence-electron chi connectivity index (χ0n) is 14.0. The molecule has 1 N–H and O–H groups in total. The minimum absolute atomic E-state index is 0.00791. The summed E-state index contributed by atoms with van der Waals surface area (Å²) in [6.07, 6.45) is 4.49. The molecule has 1 aliphatic rings. The molecule has 1 saturated heterocycles. The number of carbonyl (C=O) groups excluding carboxylic acids is 2. The molecule has 7 nitrogen and oxygen atoms in total. The average molecular weight is 339 g/mol.